The van der Waals surface area contributed by atoms with Gasteiger partial charge in [0.25, 0.3) is 0 Å². The number of aliphatic hydroxyl groups excluding tert-OH is 1. The van der Waals surface area contributed by atoms with Crippen LogP contribution in [0.1, 0.15) is 68.9 Å². The minimum Gasteiger partial charge on any atom is -0.508 e. The molecule has 0 spiro atoms. The van der Waals surface area contributed by atoms with Crippen LogP contribution in [0.15, 0.2) is 18.2 Å². The van der Waals surface area contributed by atoms with E-state index in [9.17, 15) is 15.0 Å². The second-order valence-corrected chi connectivity index (χ2v) is 9.09. The second-order valence-electron chi connectivity index (χ2n) is 9.09. The van der Waals surface area contributed by atoms with Crippen LogP contribution in [0, 0.1) is 17.3 Å². The number of hydrogen-bond donors (Lipinski definition) is 3. The van der Waals surface area contributed by atoms with Crippen molar-refractivity contribution in [3.8, 4) is 5.75 Å². The number of Topliss-reactive ketones (excluding diaryl/α,β-unsaturated/α-hetero) is 1. The normalized spacial score (nSPS) is 38.3. The summed E-state index contributed by atoms with van der Waals surface area (Å²) in [7, 11) is 0. The monoisotopic (exact) mass is 357 g/mol. The van der Waals surface area contributed by atoms with Crippen molar-refractivity contribution >= 4 is 5.78 Å². The number of phenols is 1. The fourth-order valence-corrected chi connectivity index (χ4v) is 6.30. The van der Waals surface area contributed by atoms with Gasteiger partial charge in [-0.1, -0.05) is 13.0 Å². The highest BCUT2D eigenvalue weighted by Gasteiger charge is 2.55. The highest BCUT2D eigenvalue weighted by molar-refractivity contribution is 5.77. The summed E-state index contributed by atoms with van der Waals surface area (Å²) in [6.45, 7) is 5.07. The molecule has 1 aromatic rings. The summed E-state index contributed by atoms with van der Waals surface area (Å²) in [6.07, 6.45) is 5.19. The zero-order valence-corrected chi connectivity index (χ0v) is 15.9. The Morgan fingerprint density at radius 3 is 2.85 bits per heavy atom. The first-order chi connectivity index (χ1) is 12.4. The van der Waals surface area contributed by atoms with Crippen molar-refractivity contribution in [1.82, 2.24) is 5.32 Å². The highest BCUT2D eigenvalue weighted by Crippen LogP contribution is 2.62. The first-order valence-corrected chi connectivity index (χ1v) is 10.1. The van der Waals surface area contributed by atoms with Crippen molar-refractivity contribution in [3.63, 3.8) is 0 Å². The Balaban J connectivity index is 1.65. The zero-order valence-electron chi connectivity index (χ0n) is 15.9. The summed E-state index contributed by atoms with van der Waals surface area (Å²) in [5.74, 6) is 2.51. The highest BCUT2D eigenvalue weighted by atomic mass is 16.3. The largest absolute Gasteiger partial charge is 0.508 e. The molecule has 0 saturated heterocycles. The summed E-state index contributed by atoms with van der Waals surface area (Å²) < 4.78 is 0. The Labute approximate surface area is 156 Å². The number of ketones is 1. The Kier molecular flexibility index (Phi) is 4.60. The summed E-state index contributed by atoms with van der Waals surface area (Å²) in [4.78, 5) is 11.3. The fourth-order valence-electron chi connectivity index (χ4n) is 6.30. The van der Waals surface area contributed by atoms with Gasteiger partial charge in [0.1, 0.15) is 11.5 Å². The minimum absolute atomic E-state index is 0.0625. The molecule has 2 fully saturated rings. The molecule has 3 N–H and O–H groups in total. The van der Waals surface area contributed by atoms with E-state index in [2.05, 4.69) is 18.3 Å². The van der Waals surface area contributed by atoms with E-state index in [0.29, 0.717) is 36.0 Å². The van der Waals surface area contributed by atoms with Gasteiger partial charge in [-0.3, -0.25) is 4.79 Å². The van der Waals surface area contributed by atoms with E-state index in [1.54, 1.807) is 6.92 Å². The van der Waals surface area contributed by atoms with Gasteiger partial charge in [0, 0.05) is 6.54 Å². The summed E-state index contributed by atoms with van der Waals surface area (Å²) in [5.41, 5.74) is 2.70. The lowest BCUT2D eigenvalue weighted by atomic mass is 9.54. The maximum absolute atomic E-state index is 11.3. The van der Waals surface area contributed by atoms with Crippen molar-refractivity contribution in [2.24, 2.45) is 17.3 Å². The first-order valence-electron chi connectivity index (χ1n) is 10.1. The lowest BCUT2D eigenvalue weighted by molar-refractivity contribution is -0.116. The van der Waals surface area contributed by atoms with Gasteiger partial charge in [-0.15, -0.1) is 0 Å². The van der Waals surface area contributed by atoms with Crippen LogP contribution >= 0.6 is 0 Å². The summed E-state index contributed by atoms with van der Waals surface area (Å²) >= 11 is 0. The van der Waals surface area contributed by atoms with Crippen LogP contribution in [0.2, 0.25) is 0 Å². The number of benzene rings is 1. The molecule has 6 atom stereocenters. The molecule has 26 heavy (non-hydrogen) atoms. The van der Waals surface area contributed by atoms with Gasteiger partial charge in [0.15, 0.2) is 0 Å². The first kappa shape index (κ1) is 18.0. The van der Waals surface area contributed by atoms with E-state index >= 15 is 0 Å². The van der Waals surface area contributed by atoms with Gasteiger partial charge < -0.3 is 15.5 Å². The molecule has 0 amide bonds. The van der Waals surface area contributed by atoms with Gasteiger partial charge in [0.05, 0.1) is 12.6 Å². The molecule has 142 valence electrons. The average molecular weight is 357 g/mol. The molecule has 1 aromatic carbocycles. The van der Waals surface area contributed by atoms with E-state index in [-0.39, 0.29) is 17.3 Å². The molecular formula is C22H31NO3. The van der Waals surface area contributed by atoms with E-state index in [1.807, 2.05) is 12.1 Å². The fraction of sp³-hybridized carbons (Fsp3) is 0.682. The van der Waals surface area contributed by atoms with E-state index in [4.69, 9.17) is 0 Å². The molecule has 0 aliphatic heterocycles. The number of carbonyl (C=O) groups excluding carboxylic acids is 1. The topological polar surface area (TPSA) is 69.6 Å². The lowest BCUT2D eigenvalue weighted by Gasteiger charge is -2.51. The molecular weight excluding hydrogens is 326 g/mol. The molecule has 3 aliphatic carbocycles. The van der Waals surface area contributed by atoms with Gasteiger partial charge in [0.2, 0.25) is 0 Å². The number of hydrogen-bond acceptors (Lipinski definition) is 4. The van der Waals surface area contributed by atoms with Crippen molar-refractivity contribution in [1.29, 1.82) is 0 Å². The second kappa shape index (κ2) is 6.65. The number of nitrogens with one attached hydrogen (secondary N) is 1. The third-order valence-corrected chi connectivity index (χ3v) is 7.62. The van der Waals surface area contributed by atoms with Crippen LogP contribution < -0.4 is 5.32 Å². The maximum Gasteiger partial charge on any atom is 0.143 e. The molecule has 0 bridgehead atoms. The predicted molar refractivity (Wildman–Crippen MR) is 101 cm³/mol. The van der Waals surface area contributed by atoms with Crippen LogP contribution in [-0.2, 0) is 4.79 Å². The molecule has 2 saturated carbocycles. The number of phenolic OH excluding ortho intramolecular Hbond substituents is 1. The Morgan fingerprint density at radius 1 is 1.27 bits per heavy atom. The molecule has 0 heterocycles. The van der Waals surface area contributed by atoms with Crippen molar-refractivity contribution < 1.29 is 15.0 Å². The van der Waals surface area contributed by atoms with Gasteiger partial charge in [-0.05, 0) is 91.4 Å². The van der Waals surface area contributed by atoms with Gasteiger partial charge >= 0.3 is 0 Å². The molecule has 0 radical (unpaired) electrons. The number of fused-ring (bicyclic) bond motifs is 5. The number of aliphatic hydroxyl groups is 1. The van der Waals surface area contributed by atoms with E-state index in [1.165, 1.54) is 11.1 Å². The third kappa shape index (κ3) is 2.87. The SMILES string of the molecule is CC(=O)CNC[C@H]1C[C@@H]2[C@H](CC[C@]3(C)C(O)CC[C@@H]23)c2ccc(O)cc21. The molecule has 4 heteroatoms. The molecule has 3 aliphatic rings. The van der Waals surface area contributed by atoms with Gasteiger partial charge in [-0.25, -0.2) is 0 Å². The summed E-state index contributed by atoms with van der Waals surface area (Å²) in [5, 5.41) is 23.9. The van der Waals surface area contributed by atoms with E-state index < -0.39 is 0 Å². The molecule has 0 aromatic heterocycles. The van der Waals surface area contributed by atoms with Crippen LogP contribution in [0.25, 0.3) is 0 Å². The molecule has 4 rings (SSSR count). The summed E-state index contributed by atoms with van der Waals surface area (Å²) in [6, 6.07) is 5.87. The standard InChI is InChI=1S/C22H31NO3/c1-13(24)11-23-12-14-9-19-17(16-4-3-15(25)10-18(14)16)7-8-22(2)20(19)5-6-21(22)26/h3-4,10,14,17,19-21,23,25-26H,5-9,11-12H2,1-2H3/t14-,17-,19-,20+,21?,22+/m1/s1. The molecule has 1 unspecified atom stereocenters. The zero-order chi connectivity index (χ0) is 18.5. The number of rotatable bonds is 4. The van der Waals surface area contributed by atoms with Crippen LogP contribution in [0.3, 0.4) is 0 Å². The molecule has 4 nitrogen and oxygen atoms in total. The lowest BCUT2D eigenvalue weighted by Crippen LogP contribution is -2.45. The smallest absolute Gasteiger partial charge is 0.143 e. The predicted octanol–water partition coefficient (Wildman–Crippen LogP) is 3.33. The quantitative estimate of drug-likeness (QED) is 0.773. The van der Waals surface area contributed by atoms with Crippen molar-refractivity contribution in [3.05, 3.63) is 29.3 Å². The maximum atomic E-state index is 11.3. The van der Waals surface area contributed by atoms with Crippen molar-refractivity contribution in [2.75, 3.05) is 13.1 Å². The van der Waals surface area contributed by atoms with E-state index in [0.717, 1.165) is 38.6 Å². The van der Waals surface area contributed by atoms with Crippen LogP contribution in [0.5, 0.6) is 5.75 Å². The Bertz CT molecular complexity index is 703. The number of carbonyl (C=O) groups is 1. The Morgan fingerprint density at radius 2 is 2.08 bits per heavy atom. The van der Waals surface area contributed by atoms with Crippen LogP contribution in [0.4, 0.5) is 0 Å². The van der Waals surface area contributed by atoms with Gasteiger partial charge in [-0.2, -0.15) is 0 Å². The minimum atomic E-state index is -0.163. The average Bonchev–Trinajstić information content (AvgIpc) is 2.90. The van der Waals surface area contributed by atoms with Crippen LogP contribution in [-0.4, -0.2) is 35.2 Å². The number of aromatic hydroxyl groups is 1. The third-order valence-electron chi connectivity index (χ3n) is 7.62. The Hall–Kier alpha value is -1.39. The van der Waals surface area contributed by atoms with Crippen molar-refractivity contribution in [2.45, 2.75) is 63.9 Å².